The maximum atomic E-state index is 9.58. The molecule has 6 heteroatoms. The first-order valence-electron chi connectivity index (χ1n) is 22.0. The lowest BCUT2D eigenvalue weighted by molar-refractivity contribution is 0.669. The highest BCUT2D eigenvalue weighted by molar-refractivity contribution is 6.24. The molecular weight excluding hydrogens is 699 g/mol. The number of rotatable bonds is 5. The summed E-state index contributed by atoms with van der Waals surface area (Å²) in [5, 5.41) is 2.85. The third kappa shape index (κ3) is 4.87. The summed E-state index contributed by atoms with van der Waals surface area (Å²) in [6.45, 7) is 0. The first kappa shape index (κ1) is 25.3. The van der Waals surface area contributed by atoms with Crippen molar-refractivity contribution in [3.63, 3.8) is 0 Å². The van der Waals surface area contributed by atoms with Gasteiger partial charge in [-0.2, -0.15) is 0 Å². The Bertz CT molecular complexity index is 3870. The van der Waals surface area contributed by atoms with Crippen molar-refractivity contribution in [1.82, 2.24) is 24.1 Å². The molecule has 0 fully saturated rings. The van der Waals surface area contributed by atoms with Crippen molar-refractivity contribution >= 4 is 65.6 Å². The van der Waals surface area contributed by atoms with E-state index in [1.165, 1.54) is 12.1 Å². The number of hydrogen-bond acceptors (Lipinski definition) is 4. The number of para-hydroxylation sites is 3. The Morgan fingerprint density at radius 3 is 1.61 bits per heavy atom. The first-order chi connectivity index (χ1) is 31.1. The zero-order chi connectivity index (χ0) is 43.5. The van der Waals surface area contributed by atoms with Gasteiger partial charge in [0.05, 0.1) is 31.7 Å². The second-order valence-electron chi connectivity index (χ2n) is 13.9. The van der Waals surface area contributed by atoms with Gasteiger partial charge in [-0.15, -0.1) is 0 Å². The molecule has 57 heavy (non-hydrogen) atoms. The second kappa shape index (κ2) is 12.3. The van der Waals surface area contributed by atoms with E-state index in [0.717, 1.165) is 27.5 Å². The van der Waals surface area contributed by atoms with Gasteiger partial charge in [0.2, 0.25) is 0 Å². The molecule has 0 amide bonds. The molecule has 0 aliphatic rings. The quantitative estimate of drug-likeness (QED) is 0.176. The van der Waals surface area contributed by atoms with E-state index in [-0.39, 0.29) is 53.1 Å². The summed E-state index contributed by atoms with van der Waals surface area (Å²) in [6, 6.07) is 44.4. The Labute approximate surface area is 336 Å². The van der Waals surface area contributed by atoms with Crippen LogP contribution in [0.4, 0.5) is 0 Å². The smallest absolute Gasteiger partial charge is 0.164 e. The number of fused-ring (bicyclic) bond motifs is 10. The third-order valence-electron chi connectivity index (χ3n) is 10.6. The maximum Gasteiger partial charge on any atom is 0.164 e. The van der Waals surface area contributed by atoms with Gasteiger partial charge in [0.15, 0.2) is 17.5 Å². The molecule has 0 bridgehead atoms. The van der Waals surface area contributed by atoms with Gasteiger partial charge in [0.1, 0.15) is 11.2 Å². The van der Waals surface area contributed by atoms with Crippen molar-refractivity contribution in [2.75, 3.05) is 0 Å². The zero-order valence-corrected chi connectivity index (χ0v) is 30.0. The normalized spacial score (nSPS) is 13.6. The van der Waals surface area contributed by atoms with E-state index < -0.39 is 0 Å². The van der Waals surface area contributed by atoms with Crippen LogP contribution in [0.5, 0.6) is 0 Å². The van der Waals surface area contributed by atoms with Crippen LogP contribution in [0.2, 0.25) is 0 Å². The highest BCUT2D eigenvalue weighted by Crippen LogP contribution is 2.42. The molecular formula is C51H31N5O. The van der Waals surface area contributed by atoms with E-state index in [1.807, 2.05) is 137 Å². The molecule has 0 saturated carbocycles. The first-order valence-corrected chi connectivity index (χ1v) is 18.5. The molecule has 12 aromatic rings. The van der Waals surface area contributed by atoms with Gasteiger partial charge in [-0.05, 0) is 60.6 Å². The van der Waals surface area contributed by atoms with Gasteiger partial charge in [-0.3, -0.25) is 0 Å². The Kier molecular flexibility index (Phi) is 5.48. The number of benzene rings is 8. The monoisotopic (exact) mass is 736 g/mol. The Hall–Kier alpha value is -7.83. The van der Waals surface area contributed by atoms with Crippen molar-refractivity contribution in [3.05, 3.63) is 188 Å². The molecule has 0 spiro atoms. The van der Waals surface area contributed by atoms with Gasteiger partial charge < -0.3 is 13.6 Å². The molecule has 0 atom stereocenters. The van der Waals surface area contributed by atoms with Crippen LogP contribution in [0, 0.1) is 0 Å². The van der Waals surface area contributed by atoms with Crippen LogP contribution in [0.15, 0.2) is 192 Å². The van der Waals surface area contributed by atoms with E-state index >= 15 is 0 Å². The van der Waals surface area contributed by atoms with Gasteiger partial charge in [0, 0.05) is 60.4 Å². The summed E-state index contributed by atoms with van der Waals surface area (Å²) in [5.74, 6) is 1.56. The third-order valence-corrected chi connectivity index (χ3v) is 10.6. The summed E-state index contributed by atoms with van der Waals surface area (Å²) in [6.07, 6.45) is 0. The summed E-state index contributed by atoms with van der Waals surface area (Å²) >= 11 is 0. The van der Waals surface area contributed by atoms with Crippen molar-refractivity contribution in [2.45, 2.75) is 0 Å². The van der Waals surface area contributed by atoms with Crippen LogP contribution in [0.3, 0.4) is 0 Å². The van der Waals surface area contributed by atoms with Crippen molar-refractivity contribution in [1.29, 1.82) is 0 Å². The second-order valence-corrected chi connectivity index (χ2v) is 13.9. The predicted molar refractivity (Wildman–Crippen MR) is 232 cm³/mol. The van der Waals surface area contributed by atoms with Crippen molar-refractivity contribution in [2.24, 2.45) is 0 Å². The lowest BCUT2D eigenvalue weighted by Crippen LogP contribution is -2.00. The van der Waals surface area contributed by atoms with Gasteiger partial charge >= 0.3 is 0 Å². The van der Waals surface area contributed by atoms with Crippen LogP contribution < -0.4 is 0 Å². The molecule has 0 radical (unpaired) electrons. The minimum absolute atomic E-state index is 0.000495. The number of furan rings is 1. The predicted octanol–water partition coefficient (Wildman–Crippen LogP) is 13.0. The largest absolute Gasteiger partial charge is 0.456 e. The fourth-order valence-corrected chi connectivity index (χ4v) is 8.05. The molecule has 0 aliphatic carbocycles. The van der Waals surface area contributed by atoms with E-state index in [4.69, 9.17) is 24.9 Å². The fraction of sp³-hybridized carbons (Fsp3) is 0. The molecule has 0 N–H and O–H groups in total. The van der Waals surface area contributed by atoms with Crippen LogP contribution in [-0.4, -0.2) is 24.1 Å². The molecule has 12 rings (SSSR count). The average molecular weight is 737 g/mol. The Morgan fingerprint density at radius 1 is 0.386 bits per heavy atom. The Morgan fingerprint density at radius 2 is 0.930 bits per heavy atom. The highest BCUT2D eigenvalue weighted by atomic mass is 16.3. The highest BCUT2D eigenvalue weighted by Gasteiger charge is 2.22. The van der Waals surface area contributed by atoms with E-state index in [2.05, 4.69) is 0 Å². The number of nitrogens with zero attached hydrogens (tertiary/aromatic N) is 5. The summed E-state index contributed by atoms with van der Waals surface area (Å²) in [5.41, 5.74) is 6.65. The molecule has 4 heterocycles. The minimum atomic E-state index is -0.172. The maximum absolute atomic E-state index is 9.58. The Balaban J connectivity index is 1.17. The SMILES string of the molecule is [2H]c1cc([2H])c2c(c1)c1c([2H])c([2H])c3c4c([2H])c([2H])cc([2H])c4n(-c4ccccc4)c3c1n2-c1ccc2oc3ccc(-c4nc(-c5ccccc5)nc(-c5ccccc5)n4)cc3c2c1. The van der Waals surface area contributed by atoms with Crippen LogP contribution in [0.25, 0.3) is 111 Å². The lowest BCUT2D eigenvalue weighted by Gasteiger charge is -2.12. The average Bonchev–Trinajstić information content (AvgIpc) is 3.99. The topological polar surface area (TPSA) is 61.7 Å². The van der Waals surface area contributed by atoms with Crippen LogP contribution in [0.1, 0.15) is 9.60 Å². The number of hydrogen-bond donors (Lipinski definition) is 0. The minimum Gasteiger partial charge on any atom is -0.456 e. The van der Waals surface area contributed by atoms with Crippen molar-refractivity contribution < 1.29 is 14.0 Å². The molecule has 0 unspecified atom stereocenters. The van der Waals surface area contributed by atoms with Crippen molar-refractivity contribution in [3.8, 4) is 45.5 Å². The van der Waals surface area contributed by atoms with Gasteiger partial charge in [0.25, 0.3) is 0 Å². The van der Waals surface area contributed by atoms with Gasteiger partial charge in [-0.1, -0.05) is 127 Å². The molecule has 0 saturated heterocycles. The molecule has 4 aromatic heterocycles. The summed E-state index contributed by atoms with van der Waals surface area (Å²) in [4.78, 5) is 14.8. The van der Waals surface area contributed by atoms with E-state index in [9.17, 15) is 4.11 Å². The standard InChI is InChI=1S/C51H31N5O/c1-4-14-32(15-5-1)49-52-50(33-16-6-2-7-17-33)54-51(53-49)34-24-28-45-41(30-34)42-31-36(25-29-46(42)57-45)56-44-23-13-11-21-38(44)40-27-26-39-37-20-10-12-22-43(37)55(47(39)48(40)56)35-18-8-3-9-19-35/h1-31H/i10D,11D,20D,22D,23D,26D,27D. The van der Waals surface area contributed by atoms with Crippen LogP contribution in [-0.2, 0) is 0 Å². The molecule has 8 aromatic carbocycles. The lowest BCUT2D eigenvalue weighted by atomic mass is 10.1. The number of aromatic nitrogens is 5. The molecule has 0 aliphatic heterocycles. The summed E-state index contributed by atoms with van der Waals surface area (Å²) in [7, 11) is 0. The fourth-order valence-electron chi connectivity index (χ4n) is 8.05. The zero-order valence-electron chi connectivity index (χ0n) is 37.0. The van der Waals surface area contributed by atoms with Crippen LogP contribution >= 0.6 is 0 Å². The molecule has 266 valence electrons. The van der Waals surface area contributed by atoms with E-state index in [0.29, 0.717) is 72.9 Å². The summed E-state index contributed by atoms with van der Waals surface area (Å²) < 4.78 is 74.2. The van der Waals surface area contributed by atoms with Gasteiger partial charge in [-0.25, -0.2) is 15.0 Å². The van der Waals surface area contributed by atoms with E-state index in [1.54, 1.807) is 6.07 Å². The molecule has 6 nitrogen and oxygen atoms in total.